The number of nitrogens with one attached hydrogen (secondary N) is 1. The van der Waals surface area contributed by atoms with Crippen LogP contribution < -0.4 is 5.32 Å². The molecule has 32 heavy (non-hydrogen) atoms. The highest BCUT2D eigenvalue weighted by Gasteiger charge is 2.36. The van der Waals surface area contributed by atoms with E-state index >= 15 is 0 Å². The zero-order chi connectivity index (χ0) is 23.7. The van der Waals surface area contributed by atoms with E-state index in [1.54, 1.807) is 6.92 Å². The minimum Gasteiger partial charge on any atom is -0.359 e. The largest absolute Gasteiger partial charge is 0.359 e. The standard InChI is InChI=1S/C26H49NO5/c1-6-7-8-9-10-11-12-13-14-15-16-17-18-19-24-23(20-31-26(3,4)32-24)27-25(28)22(2)30-21-29-5/h18-19,22-24H,6-17,20-21H2,1-5H3,(H,27,28)/b19-18+/t22-,23+,24-/m1/s1. The predicted molar refractivity (Wildman–Crippen MR) is 129 cm³/mol. The summed E-state index contributed by atoms with van der Waals surface area (Å²) in [6, 6.07) is -0.238. The van der Waals surface area contributed by atoms with E-state index in [1.165, 1.54) is 77.7 Å². The van der Waals surface area contributed by atoms with Crippen molar-refractivity contribution in [3.05, 3.63) is 12.2 Å². The fourth-order valence-corrected chi connectivity index (χ4v) is 3.83. The van der Waals surface area contributed by atoms with Crippen molar-refractivity contribution in [2.75, 3.05) is 20.5 Å². The highest BCUT2D eigenvalue weighted by Crippen LogP contribution is 2.24. The second-order valence-corrected chi connectivity index (χ2v) is 9.38. The number of amides is 1. The lowest BCUT2D eigenvalue weighted by atomic mass is 10.0. The molecule has 0 radical (unpaired) electrons. The van der Waals surface area contributed by atoms with E-state index in [2.05, 4.69) is 24.4 Å². The molecular formula is C26H49NO5. The maximum atomic E-state index is 12.4. The molecule has 1 rings (SSSR count). The number of ether oxygens (including phenoxy) is 4. The molecule has 1 fully saturated rings. The van der Waals surface area contributed by atoms with E-state index in [-0.39, 0.29) is 24.8 Å². The van der Waals surface area contributed by atoms with E-state index in [1.807, 2.05) is 13.8 Å². The Kier molecular flexibility index (Phi) is 15.9. The number of carbonyl (C=O) groups is 1. The Morgan fingerprint density at radius 3 is 2.25 bits per heavy atom. The van der Waals surface area contributed by atoms with Gasteiger partial charge in [-0.3, -0.25) is 4.79 Å². The first-order chi connectivity index (χ1) is 15.4. The van der Waals surface area contributed by atoms with Gasteiger partial charge in [0.25, 0.3) is 0 Å². The van der Waals surface area contributed by atoms with Crippen LogP contribution in [0.4, 0.5) is 0 Å². The molecule has 6 heteroatoms. The molecule has 6 nitrogen and oxygen atoms in total. The summed E-state index contributed by atoms with van der Waals surface area (Å²) in [7, 11) is 1.53. The van der Waals surface area contributed by atoms with Crippen molar-refractivity contribution in [3.8, 4) is 0 Å². The highest BCUT2D eigenvalue weighted by molar-refractivity contribution is 5.80. The molecule has 1 heterocycles. The number of rotatable bonds is 18. The van der Waals surface area contributed by atoms with E-state index in [9.17, 15) is 4.79 Å². The van der Waals surface area contributed by atoms with Crippen LogP contribution in [0.3, 0.4) is 0 Å². The molecule has 0 aromatic rings. The first-order valence-corrected chi connectivity index (χ1v) is 12.8. The van der Waals surface area contributed by atoms with Crippen molar-refractivity contribution in [2.24, 2.45) is 0 Å². The van der Waals surface area contributed by atoms with E-state index in [0.717, 1.165) is 6.42 Å². The van der Waals surface area contributed by atoms with Crippen LogP contribution in [0, 0.1) is 0 Å². The summed E-state index contributed by atoms with van der Waals surface area (Å²) in [6.07, 6.45) is 19.3. The normalized spacial score (nSPS) is 21.7. The Morgan fingerprint density at radius 1 is 1.06 bits per heavy atom. The summed E-state index contributed by atoms with van der Waals surface area (Å²) >= 11 is 0. The molecule has 0 aromatic heterocycles. The van der Waals surface area contributed by atoms with Crippen molar-refractivity contribution in [3.63, 3.8) is 0 Å². The number of methoxy groups -OCH3 is 1. The second-order valence-electron chi connectivity index (χ2n) is 9.38. The maximum absolute atomic E-state index is 12.4. The summed E-state index contributed by atoms with van der Waals surface area (Å²) < 4.78 is 22.0. The molecule has 0 saturated carbocycles. The topological polar surface area (TPSA) is 66.0 Å². The molecule has 0 bridgehead atoms. The number of hydrogen-bond donors (Lipinski definition) is 1. The Balaban J connectivity index is 2.26. The summed E-state index contributed by atoms with van der Waals surface area (Å²) in [4.78, 5) is 12.4. The average Bonchev–Trinajstić information content (AvgIpc) is 2.76. The number of unbranched alkanes of at least 4 members (excludes halogenated alkanes) is 11. The molecule has 1 N–H and O–H groups in total. The zero-order valence-corrected chi connectivity index (χ0v) is 21.3. The fourth-order valence-electron chi connectivity index (χ4n) is 3.83. The minimum absolute atomic E-state index is 0.0849. The Morgan fingerprint density at radius 2 is 1.66 bits per heavy atom. The van der Waals surface area contributed by atoms with Gasteiger partial charge in [-0.1, -0.05) is 83.3 Å². The average molecular weight is 456 g/mol. The first-order valence-electron chi connectivity index (χ1n) is 12.8. The summed E-state index contributed by atoms with van der Waals surface area (Å²) in [5.74, 6) is -0.854. The van der Waals surface area contributed by atoms with Crippen molar-refractivity contribution in [1.82, 2.24) is 5.32 Å². The smallest absolute Gasteiger partial charge is 0.249 e. The van der Waals surface area contributed by atoms with Gasteiger partial charge in [-0.05, 0) is 33.6 Å². The monoisotopic (exact) mass is 455 g/mol. The Labute approximate surface area is 196 Å². The van der Waals surface area contributed by atoms with Gasteiger partial charge in [0.1, 0.15) is 19.0 Å². The van der Waals surface area contributed by atoms with Crippen LogP contribution in [-0.4, -0.2) is 50.5 Å². The fraction of sp³-hybridized carbons (Fsp3) is 0.885. The third-order valence-electron chi connectivity index (χ3n) is 5.86. The molecule has 3 atom stereocenters. The van der Waals surface area contributed by atoms with Crippen LogP contribution in [0.2, 0.25) is 0 Å². The zero-order valence-electron chi connectivity index (χ0n) is 21.3. The molecule has 1 aliphatic rings. The number of hydrogen-bond acceptors (Lipinski definition) is 5. The van der Waals surface area contributed by atoms with E-state index in [4.69, 9.17) is 18.9 Å². The quantitative estimate of drug-likeness (QED) is 0.159. The summed E-state index contributed by atoms with van der Waals surface area (Å²) in [5.41, 5.74) is 0. The maximum Gasteiger partial charge on any atom is 0.249 e. The van der Waals surface area contributed by atoms with Gasteiger partial charge >= 0.3 is 0 Å². The van der Waals surface area contributed by atoms with Crippen LogP contribution in [0.25, 0.3) is 0 Å². The third kappa shape index (κ3) is 13.6. The lowest BCUT2D eigenvalue weighted by Crippen LogP contribution is -2.56. The van der Waals surface area contributed by atoms with Gasteiger partial charge in [-0.25, -0.2) is 0 Å². The number of carbonyl (C=O) groups excluding carboxylic acids is 1. The van der Waals surface area contributed by atoms with Crippen LogP contribution in [0.15, 0.2) is 12.2 Å². The third-order valence-corrected chi connectivity index (χ3v) is 5.86. The minimum atomic E-state index is -0.662. The first kappa shape index (κ1) is 29.1. The molecule has 0 spiro atoms. The summed E-state index contributed by atoms with van der Waals surface area (Å²) in [6.45, 7) is 8.27. The molecule has 1 aliphatic heterocycles. The number of allylic oxidation sites excluding steroid dienone is 1. The van der Waals surface area contributed by atoms with E-state index < -0.39 is 11.9 Å². The van der Waals surface area contributed by atoms with Gasteiger partial charge in [-0.2, -0.15) is 0 Å². The van der Waals surface area contributed by atoms with Crippen LogP contribution in [-0.2, 0) is 23.7 Å². The van der Waals surface area contributed by atoms with Gasteiger partial charge in [0.15, 0.2) is 5.79 Å². The summed E-state index contributed by atoms with van der Waals surface area (Å²) in [5, 5.41) is 2.99. The van der Waals surface area contributed by atoms with Crippen molar-refractivity contribution in [1.29, 1.82) is 0 Å². The Hall–Kier alpha value is -0.950. The van der Waals surface area contributed by atoms with Gasteiger partial charge in [0.2, 0.25) is 5.91 Å². The SMILES string of the molecule is CCCCCCCCCCCCC/C=C/[C@H]1OC(C)(C)OC[C@@H]1NC(=O)[C@@H](C)OCOC. The van der Waals surface area contributed by atoms with Crippen LogP contribution >= 0.6 is 0 Å². The van der Waals surface area contributed by atoms with Crippen molar-refractivity contribution >= 4 is 5.91 Å². The molecule has 188 valence electrons. The van der Waals surface area contributed by atoms with Crippen LogP contribution in [0.1, 0.15) is 105 Å². The lowest BCUT2D eigenvalue weighted by molar-refractivity contribution is -0.272. The van der Waals surface area contributed by atoms with Gasteiger partial charge < -0.3 is 24.3 Å². The van der Waals surface area contributed by atoms with Crippen molar-refractivity contribution in [2.45, 2.75) is 129 Å². The molecule has 0 unspecified atom stereocenters. The van der Waals surface area contributed by atoms with Crippen molar-refractivity contribution < 1.29 is 23.7 Å². The van der Waals surface area contributed by atoms with Gasteiger partial charge in [0, 0.05) is 7.11 Å². The van der Waals surface area contributed by atoms with E-state index in [0.29, 0.717) is 6.61 Å². The van der Waals surface area contributed by atoms with Crippen LogP contribution in [0.5, 0.6) is 0 Å². The van der Waals surface area contributed by atoms with Gasteiger partial charge in [0.05, 0.1) is 12.6 Å². The molecular weight excluding hydrogens is 406 g/mol. The predicted octanol–water partition coefficient (Wildman–Crippen LogP) is 5.89. The Bertz CT molecular complexity index is 508. The molecule has 1 amide bonds. The lowest BCUT2D eigenvalue weighted by Gasteiger charge is -2.40. The molecule has 0 aromatic carbocycles. The molecule has 1 saturated heterocycles. The second kappa shape index (κ2) is 17.5. The molecule has 0 aliphatic carbocycles. The highest BCUT2D eigenvalue weighted by atomic mass is 16.7. The van der Waals surface area contributed by atoms with Gasteiger partial charge in [-0.15, -0.1) is 0 Å².